The maximum absolute atomic E-state index is 12.3. The Morgan fingerprint density at radius 1 is 1.19 bits per heavy atom. The van der Waals surface area contributed by atoms with Crippen molar-refractivity contribution < 1.29 is 24.2 Å². The van der Waals surface area contributed by atoms with Gasteiger partial charge in [0.05, 0.1) is 12.7 Å². The molecule has 4 rings (SSSR count). The fraction of sp³-hybridized carbons (Fsp3) is 0.806. The van der Waals surface area contributed by atoms with Crippen LogP contribution in [0.4, 0.5) is 0 Å². The lowest BCUT2D eigenvalue weighted by molar-refractivity contribution is -0.150. The number of carbonyl (C=O) groups is 2. The molecule has 36 heavy (non-hydrogen) atoms. The van der Waals surface area contributed by atoms with Crippen molar-refractivity contribution in [3.05, 3.63) is 22.8 Å². The molecule has 0 spiro atoms. The van der Waals surface area contributed by atoms with E-state index >= 15 is 0 Å². The van der Waals surface area contributed by atoms with E-state index in [4.69, 9.17) is 9.47 Å². The Balaban J connectivity index is 1.69. The van der Waals surface area contributed by atoms with Gasteiger partial charge in [-0.15, -0.1) is 0 Å². The van der Waals surface area contributed by atoms with Crippen LogP contribution in [0, 0.1) is 34.0 Å². The molecule has 0 aromatic heterocycles. The molecule has 0 amide bonds. The Labute approximate surface area is 218 Å². The minimum absolute atomic E-state index is 0.0444. The van der Waals surface area contributed by atoms with Crippen LogP contribution in [-0.2, 0) is 19.1 Å². The topological polar surface area (TPSA) is 72.8 Å². The predicted octanol–water partition coefficient (Wildman–Crippen LogP) is 6.54. The minimum Gasteiger partial charge on any atom is -0.469 e. The molecular weight excluding hydrogens is 452 g/mol. The van der Waals surface area contributed by atoms with Gasteiger partial charge in [0.2, 0.25) is 0 Å². The number of cyclic esters (lactones) is 1. The fourth-order valence-corrected chi connectivity index (χ4v) is 9.16. The number of fused-ring (bicyclic) bond motifs is 2. The molecule has 0 unspecified atom stereocenters. The normalized spacial score (nSPS) is 39.6. The summed E-state index contributed by atoms with van der Waals surface area (Å²) in [6.07, 6.45) is 10.3. The quantitative estimate of drug-likeness (QED) is 0.331. The molecule has 1 heterocycles. The molecule has 1 saturated carbocycles. The van der Waals surface area contributed by atoms with E-state index in [9.17, 15) is 14.7 Å². The summed E-state index contributed by atoms with van der Waals surface area (Å²) in [5, 5.41) is 11.2. The van der Waals surface area contributed by atoms with Gasteiger partial charge >= 0.3 is 11.9 Å². The largest absolute Gasteiger partial charge is 0.469 e. The summed E-state index contributed by atoms with van der Waals surface area (Å²) in [4.78, 5) is 24.5. The molecular formula is C31H48O5. The van der Waals surface area contributed by atoms with Crippen LogP contribution in [-0.4, -0.2) is 35.9 Å². The molecule has 1 aliphatic heterocycles. The van der Waals surface area contributed by atoms with Crippen molar-refractivity contribution in [3.8, 4) is 0 Å². The molecule has 5 nitrogen and oxygen atoms in total. The van der Waals surface area contributed by atoms with Crippen molar-refractivity contribution in [3.63, 3.8) is 0 Å². The third-order valence-electron chi connectivity index (χ3n) is 11.5. The van der Waals surface area contributed by atoms with Gasteiger partial charge in [0, 0.05) is 18.4 Å². The van der Waals surface area contributed by atoms with Gasteiger partial charge in [-0.25, -0.2) is 4.79 Å². The van der Waals surface area contributed by atoms with Gasteiger partial charge in [0.25, 0.3) is 0 Å². The molecule has 0 radical (unpaired) electrons. The van der Waals surface area contributed by atoms with Crippen LogP contribution in [0.3, 0.4) is 0 Å². The summed E-state index contributed by atoms with van der Waals surface area (Å²) in [5.74, 6) is 0.574. The number of carbonyl (C=O) groups excluding carboxylic acids is 2. The van der Waals surface area contributed by atoms with Crippen LogP contribution in [0.15, 0.2) is 22.8 Å². The lowest BCUT2D eigenvalue weighted by Gasteiger charge is -2.59. The highest BCUT2D eigenvalue weighted by Crippen LogP contribution is 2.71. The number of hydrogen-bond donors (Lipinski definition) is 1. The number of aliphatic hydroxyl groups is 1. The molecule has 1 fully saturated rings. The zero-order valence-electron chi connectivity index (χ0n) is 23.8. The van der Waals surface area contributed by atoms with Gasteiger partial charge in [0.1, 0.15) is 6.10 Å². The Kier molecular flexibility index (Phi) is 7.07. The van der Waals surface area contributed by atoms with Crippen LogP contribution in [0.2, 0.25) is 0 Å². The SMILES string of the molecule is COC(=O)CC[C@]1(C)C2=C(CC[C@H]1C(C)(C)O)[C@]1(C)CC[C@H]([C@H](C)[C@H]3CC=C(C)C(=O)O3)[C@@]1(C)CC2. The molecule has 0 aromatic rings. The van der Waals surface area contributed by atoms with Crippen LogP contribution in [0.1, 0.15) is 106 Å². The maximum atomic E-state index is 12.3. The fourth-order valence-electron chi connectivity index (χ4n) is 9.16. The molecule has 7 atom stereocenters. The van der Waals surface area contributed by atoms with Crippen LogP contribution in [0.5, 0.6) is 0 Å². The standard InChI is InChI=1S/C31H48O5/c1-19-9-11-24(36-27(19)33)20(2)21-13-17-31(7)23-10-12-25(28(3,4)34)29(5,16-15-26(32)35-8)22(23)14-18-30(21,31)6/h9,20-21,24-25,34H,10-18H2,1-8H3/t20-,21+,24+,25-,29+,30+,31-/m0/s1. The Hall–Kier alpha value is -1.62. The van der Waals surface area contributed by atoms with E-state index in [-0.39, 0.29) is 40.2 Å². The molecule has 0 aromatic carbocycles. The molecule has 0 bridgehead atoms. The second kappa shape index (κ2) is 9.29. The summed E-state index contributed by atoms with van der Waals surface area (Å²) < 4.78 is 10.9. The van der Waals surface area contributed by atoms with E-state index < -0.39 is 5.60 Å². The van der Waals surface area contributed by atoms with Gasteiger partial charge in [-0.3, -0.25) is 4.79 Å². The predicted molar refractivity (Wildman–Crippen MR) is 141 cm³/mol. The summed E-state index contributed by atoms with van der Waals surface area (Å²) in [6, 6.07) is 0. The van der Waals surface area contributed by atoms with Gasteiger partial charge < -0.3 is 14.6 Å². The number of allylic oxidation sites excluding steroid dienone is 2. The monoisotopic (exact) mass is 500 g/mol. The molecule has 202 valence electrons. The molecule has 5 heteroatoms. The van der Waals surface area contributed by atoms with Crippen molar-refractivity contribution in [1.29, 1.82) is 0 Å². The summed E-state index contributed by atoms with van der Waals surface area (Å²) in [6.45, 7) is 15.3. The van der Waals surface area contributed by atoms with Crippen molar-refractivity contribution in [2.75, 3.05) is 7.11 Å². The average Bonchev–Trinajstić information content (AvgIpc) is 3.09. The number of methoxy groups -OCH3 is 1. The third kappa shape index (κ3) is 4.18. The number of ether oxygens (including phenoxy) is 2. The van der Waals surface area contributed by atoms with E-state index in [1.807, 2.05) is 20.8 Å². The van der Waals surface area contributed by atoms with Gasteiger partial charge in [-0.1, -0.05) is 44.9 Å². The van der Waals surface area contributed by atoms with E-state index in [1.54, 1.807) is 5.57 Å². The van der Waals surface area contributed by atoms with Gasteiger partial charge in [-0.05, 0) is 99.7 Å². The maximum Gasteiger partial charge on any atom is 0.333 e. The first-order chi connectivity index (χ1) is 16.7. The molecule has 1 N–H and O–H groups in total. The van der Waals surface area contributed by atoms with E-state index in [0.717, 1.165) is 50.5 Å². The second-order valence-electron chi connectivity index (χ2n) is 13.5. The Morgan fingerprint density at radius 3 is 2.50 bits per heavy atom. The van der Waals surface area contributed by atoms with Crippen molar-refractivity contribution in [2.45, 2.75) is 118 Å². The minimum atomic E-state index is -0.811. The average molecular weight is 501 g/mol. The van der Waals surface area contributed by atoms with Gasteiger partial charge in [0.15, 0.2) is 0 Å². The van der Waals surface area contributed by atoms with E-state index in [2.05, 4.69) is 33.8 Å². The zero-order chi connectivity index (χ0) is 26.7. The number of esters is 2. The third-order valence-corrected chi connectivity index (χ3v) is 11.5. The Bertz CT molecular complexity index is 970. The molecule has 3 aliphatic carbocycles. The van der Waals surface area contributed by atoms with Gasteiger partial charge in [-0.2, -0.15) is 0 Å². The highest BCUT2D eigenvalue weighted by Gasteiger charge is 2.62. The van der Waals surface area contributed by atoms with Crippen LogP contribution >= 0.6 is 0 Å². The first-order valence-corrected chi connectivity index (χ1v) is 14.1. The lowest BCUT2D eigenvalue weighted by Crippen LogP contribution is -2.52. The number of rotatable bonds is 6. The zero-order valence-corrected chi connectivity index (χ0v) is 23.8. The molecule has 4 aliphatic rings. The second-order valence-corrected chi connectivity index (χ2v) is 13.5. The summed E-state index contributed by atoms with van der Waals surface area (Å²) in [5.41, 5.74) is 3.00. The van der Waals surface area contributed by atoms with Crippen molar-refractivity contribution in [2.24, 2.45) is 34.0 Å². The lowest BCUT2D eigenvalue weighted by atomic mass is 9.46. The van der Waals surface area contributed by atoms with Crippen LogP contribution < -0.4 is 0 Å². The van der Waals surface area contributed by atoms with Crippen LogP contribution in [0.25, 0.3) is 0 Å². The van der Waals surface area contributed by atoms with Crippen molar-refractivity contribution in [1.82, 2.24) is 0 Å². The first kappa shape index (κ1) is 27.4. The smallest absolute Gasteiger partial charge is 0.333 e. The first-order valence-electron chi connectivity index (χ1n) is 14.1. The highest BCUT2D eigenvalue weighted by atomic mass is 16.5. The summed E-state index contributed by atoms with van der Waals surface area (Å²) in [7, 11) is 1.46. The molecule has 0 saturated heterocycles. The van der Waals surface area contributed by atoms with Crippen molar-refractivity contribution >= 4 is 11.9 Å². The Morgan fingerprint density at radius 2 is 1.89 bits per heavy atom. The van der Waals surface area contributed by atoms with E-state index in [0.29, 0.717) is 24.7 Å². The van der Waals surface area contributed by atoms with E-state index in [1.165, 1.54) is 12.7 Å². The number of hydrogen-bond acceptors (Lipinski definition) is 5. The highest BCUT2D eigenvalue weighted by molar-refractivity contribution is 5.88. The summed E-state index contributed by atoms with van der Waals surface area (Å²) >= 11 is 0.